The molecule has 176 valence electrons. The highest BCUT2D eigenvalue weighted by molar-refractivity contribution is 7.90. The van der Waals surface area contributed by atoms with E-state index in [2.05, 4.69) is 40.3 Å². The van der Waals surface area contributed by atoms with Gasteiger partial charge in [0, 0.05) is 37.9 Å². The molecule has 0 unspecified atom stereocenters. The Kier molecular flexibility index (Phi) is 5.77. The molecule has 1 fully saturated rings. The second-order valence-electron chi connectivity index (χ2n) is 7.39. The Hall–Kier alpha value is -3.75. The van der Waals surface area contributed by atoms with E-state index in [9.17, 15) is 12.8 Å². The first-order chi connectivity index (χ1) is 16.4. The van der Waals surface area contributed by atoms with Gasteiger partial charge < -0.3 is 15.6 Å². The van der Waals surface area contributed by atoms with E-state index in [1.54, 1.807) is 12.1 Å². The predicted octanol–water partition coefficient (Wildman–Crippen LogP) is 2.00. The predicted molar refractivity (Wildman–Crippen MR) is 122 cm³/mol. The third-order valence-corrected chi connectivity index (χ3v) is 6.80. The standard InChI is InChI=1S/C20H19F2N9O2S/c21-13-3-4-14(30-34(32,33)31-8-6-23-7-9-31)15(22)17(13)29-19-12(2-1-5-24-19)16-18-20(27-10-25-16)28-11-26-18/h1-5,10-11,23,30H,6-9H2,(H,24,29)(H,25,26,27,28). The van der Waals surface area contributed by atoms with E-state index in [0.717, 1.165) is 12.1 Å². The van der Waals surface area contributed by atoms with Crippen molar-refractivity contribution in [1.29, 1.82) is 0 Å². The summed E-state index contributed by atoms with van der Waals surface area (Å²) in [6, 6.07) is 5.33. The Morgan fingerprint density at radius 1 is 1.03 bits per heavy atom. The molecule has 0 spiro atoms. The van der Waals surface area contributed by atoms with Gasteiger partial charge in [-0.15, -0.1) is 0 Å². The number of nitrogens with one attached hydrogen (secondary N) is 4. The van der Waals surface area contributed by atoms with Crippen LogP contribution in [0.1, 0.15) is 0 Å². The number of pyridine rings is 1. The lowest BCUT2D eigenvalue weighted by Gasteiger charge is -2.27. The maximum Gasteiger partial charge on any atom is 0.301 e. The fourth-order valence-corrected chi connectivity index (χ4v) is 4.85. The van der Waals surface area contributed by atoms with Crippen molar-refractivity contribution in [3.8, 4) is 11.3 Å². The molecule has 5 rings (SSSR count). The Balaban J connectivity index is 1.50. The van der Waals surface area contributed by atoms with E-state index in [1.165, 1.54) is 23.2 Å². The zero-order valence-electron chi connectivity index (χ0n) is 17.6. The molecule has 0 amide bonds. The summed E-state index contributed by atoms with van der Waals surface area (Å²) < 4.78 is 58.7. The van der Waals surface area contributed by atoms with E-state index in [4.69, 9.17) is 0 Å². The molecule has 34 heavy (non-hydrogen) atoms. The first-order valence-electron chi connectivity index (χ1n) is 10.3. The van der Waals surface area contributed by atoms with Gasteiger partial charge in [-0.05, 0) is 24.3 Å². The van der Waals surface area contributed by atoms with Crippen molar-refractivity contribution in [1.82, 2.24) is 34.5 Å². The van der Waals surface area contributed by atoms with Gasteiger partial charge in [0.1, 0.15) is 34.9 Å². The van der Waals surface area contributed by atoms with Crippen molar-refractivity contribution in [3.05, 3.63) is 54.8 Å². The molecular weight excluding hydrogens is 468 g/mol. The molecule has 0 saturated carbocycles. The van der Waals surface area contributed by atoms with Gasteiger partial charge in [0.2, 0.25) is 0 Å². The van der Waals surface area contributed by atoms with Gasteiger partial charge in [0.05, 0.1) is 12.0 Å². The summed E-state index contributed by atoms with van der Waals surface area (Å²) in [5.41, 5.74) is 0.853. The van der Waals surface area contributed by atoms with Crippen molar-refractivity contribution in [3.63, 3.8) is 0 Å². The van der Waals surface area contributed by atoms with Crippen molar-refractivity contribution in [2.24, 2.45) is 0 Å². The Morgan fingerprint density at radius 3 is 2.68 bits per heavy atom. The van der Waals surface area contributed by atoms with Crippen LogP contribution < -0.4 is 15.4 Å². The van der Waals surface area contributed by atoms with Gasteiger partial charge in [-0.2, -0.15) is 12.7 Å². The monoisotopic (exact) mass is 487 g/mol. The minimum absolute atomic E-state index is 0.108. The van der Waals surface area contributed by atoms with Crippen LogP contribution in [0.4, 0.5) is 26.0 Å². The lowest BCUT2D eigenvalue weighted by molar-refractivity contribution is 0.362. The summed E-state index contributed by atoms with van der Waals surface area (Å²) in [6.45, 7) is 1.44. The number of hydrogen-bond acceptors (Lipinski definition) is 8. The van der Waals surface area contributed by atoms with Gasteiger partial charge in [0.15, 0.2) is 11.5 Å². The maximum atomic E-state index is 15.3. The first kappa shape index (κ1) is 22.1. The van der Waals surface area contributed by atoms with Crippen molar-refractivity contribution >= 4 is 38.6 Å². The second-order valence-corrected chi connectivity index (χ2v) is 9.06. The van der Waals surface area contributed by atoms with Crippen LogP contribution in [0.3, 0.4) is 0 Å². The molecule has 0 aliphatic carbocycles. The van der Waals surface area contributed by atoms with Gasteiger partial charge in [0.25, 0.3) is 0 Å². The lowest BCUT2D eigenvalue weighted by atomic mass is 10.1. The summed E-state index contributed by atoms with van der Waals surface area (Å²) >= 11 is 0. The molecule has 1 aliphatic rings. The number of fused-ring (bicyclic) bond motifs is 1. The van der Waals surface area contributed by atoms with E-state index in [-0.39, 0.29) is 18.9 Å². The molecule has 0 bridgehead atoms. The number of hydrogen-bond donors (Lipinski definition) is 4. The fraction of sp³-hybridized carbons (Fsp3) is 0.200. The average molecular weight is 487 g/mol. The topological polar surface area (TPSA) is 141 Å². The number of piperazine rings is 1. The minimum Gasteiger partial charge on any atom is -0.341 e. The molecule has 14 heteroatoms. The zero-order chi connectivity index (χ0) is 23.7. The van der Waals surface area contributed by atoms with Crippen LogP contribution in [0.2, 0.25) is 0 Å². The number of imidazole rings is 1. The fourth-order valence-electron chi connectivity index (χ4n) is 3.62. The Morgan fingerprint density at radius 2 is 1.85 bits per heavy atom. The third kappa shape index (κ3) is 4.13. The highest BCUT2D eigenvalue weighted by atomic mass is 32.2. The number of benzene rings is 1. The summed E-state index contributed by atoms with van der Waals surface area (Å²) in [4.78, 5) is 19.6. The Bertz CT molecular complexity index is 1460. The van der Waals surface area contributed by atoms with Crippen molar-refractivity contribution in [2.75, 3.05) is 36.2 Å². The van der Waals surface area contributed by atoms with E-state index in [0.29, 0.717) is 35.5 Å². The highest BCUT2D eigenvalue weighted by Crippen LogP contribution is 2.34. The molecule has 4 aromatic rings. The number of nitrogens with zero attached hydrogens (tertiary/aromatic N) is 5. The van der Waals surface area contributed by atoms with E-state index >= 15 is 4.39 Å². The molecule has 1 aliphatic heterocycles. The quantitative estimate of drug-likeness (QED) is 0.324. The normalized spacial score (nSPS) is 14.9. The number of H-pyrrole nitrogens is 1. The van der Waals surface area contributed by atoms with Crippen LogP contribution in [-0.4, -0.2) is 63.8 Å². The van der Waals surface area contributed by atoms with Crippen molar-refractivity contribution < 1.29 is 17.2 Å². The number of anilines is 3. The summed E-state index contributed by atoms with van der Waals surface area (Å²) in [5, 5.41) is 5.70. The van der Waals surface area contributed by atoms with Crippen LogP contribution in [0, 0.1) is 11.6 Å². The van der Waals surface area contributed by atoms with Crippen LogP contribution in [-0.2, 0) is 10.2 Å². The maximum absolute atomic E-state index is 15.3. The number of aromatic nitrogens is 5. The summed E-state index contributed by atoms with van der Waals surface area (Å²) in [6.07, 6.45) is 4.23. The van der Waals surface area contributed by atoms with E-state index in [1.807, 2.05) is 0 Å². The number of rotatable bonds is 6. The highest BCUT2D eigenvalue weighted by Gasteiger charge is 2.26. The zero-order valence-corrected chi connectivity index (χ0v) is 18.4. The molecule has 4 heterocycles. The molecule has 3 aromatic heterocycles. The molecule has 11 nitrogen and oxygen atoms in total. The summed E-state index contributed by atoms with van der Waals surface area (Å²) in [7, 11) is -4.02. The largest absolute Gasteiger partial charge is 0.341 e. The SMILES string of the molecule is O=S(=O)(Nc1ccc(F)c(Nc2ncccc2-c2ncnc3nc[nH]c23)c1F)N1CCNCC1. The first-order valence-corrected chi connectivity index (χ1v) is 11.7. The van der Waals surface area contributed by atoms with Crippen LogP contribution in [0.15, 0.2) is 43.1 Å². The van der Waals surface area contributed by atoms with Crippen LogP contribution in [0.5, 0.6) is 0 Å². The third-order valence-electron chi connectivity index (χ3n) is 5.28. The number of aromatic amines is 1. The van der Waals surface area contributed by atoms with Crippen molar-refractivity contribution in [2.45, 2.75) is 0 Å². The molecule has 1 saturated heterocycles. The minimum atomic E-state index is -4.02. The van der Waals surface area contributed by atoms with E-state index < -0.39 is 33.2 Å². The second kappa shape index (κ2) is 8.89. The van der Waals surface area contributed by atoms with Gasteiger partial charge >= 0.3 is 10.2 Å². The lowest BCUT2D eigenvalue weighted by Crippen LogP contribution is -2.48. The average Bonchev–Trinajstić information content (AvgIpc) is 3.34. The number of halogens is 2. The Labute approximate surface area is 192 Å². The smallest absolute Gasteiger partial charge is 0.301 e. The van der Waals surface area contributed by atoms with Crippen LogP contribution in [0.25, 0.3) is 22.4 Å². The molecule has 4 N–H and O–H groups in total. The van der Waals surface area contributed by atoms with Gasteiger partial charge in [-0.3, -0.25) is 4.72 Å². The summed E-state index contributed by atoms with van der Waals surface area (Å²) in [5.74, 6) is -1.92. The molecular formula is C20H19F2N9O2S. The van der Waals surface area contributed by atoms with Gasteiger partial charge in [-0.25, -0.2) is 28.7 Å². The molecule has 0 radical (unpaired) electrons. The van der Waals surface area contributed by atoms with Gasteiger partial charge in [-0.1, -0.05) is 0 Å². The molecule has 1 aromatic carbocycles. The molecule has 0 atom stereocenters. The van der Waals surface area contributed by atoms with Crippen LogP contribution >= 0.6 is 0 Å².